The van der Waals surface area contributed by atoms with Crippen LogP contribution in [0.5, 0.6) is 0 Å². The van der Waals surface area contributed by atoms with Gasteiger partial charge in [0.15, 0.2) is 0 Å². The highest BCUT2D eigenvalue weighted by Gasteiger charge is 2.28. The Labute approximate surface area is 117 Å². The zero-order valence-corrected chi connectivity index (χ0v) is 12.7. The van der Waals surface area contributed by atoms with Gasteiger partial charge >= 0.3 is 0 Å². The molecule has 2 fully saturated rings. The third kappa shape index (κ3) is 3.93. The maximum atomic E-state index is 12.3. The van der Waals surface area contributed by atoms with Crippen LogP contribution in [-0.2, 0) is 4.79 Å². The van der Waals surface area contributed by atoms with Gasteiger partial charge in [0.1, 0.15) is 0 Å². The summed E-state index contributed by atoms with van der Waals surface area (Å²) in [6.07, 6.45) is 3.79. The van der Waals surface area contributed by atoms with Crippen molar-refractivity contribution in [3.8, 4) is 0 Å². The molecule has 0 radical (unpaired) electrons. The lowest BCUT2D eigenvalue weighted by Gasteiger charge is -2.38. The fourth-order valence-corrected chi connectivity index (χ4v) is 3.28. The summed E-state index contributed by atoms with van der Waals surface area (Å²) in [4.78, 5) is 16.5. The van der Waals surface area contributed by atoms with Crippen LogP contribution >= 0.6 is 0 Å². The van der Waals surface area contributed by atoms with Crippen LogP contribution in [-0.4, -0.2) is 61.5 Å². The molecule has 3 atom stereocenters. The number of nitrogens with one attached hydrogen (secondary N) is 1. The van der Waals surface area contributed by atoms with E-state index in [1.807, 2.05) is 4.90 Å². The lowest BCUT2D eigenvalue weighted by atomic mass is 9.78. The van der Waals surface area contributed by atoms with Gasteiger partial charge in [-0.3, -0.25) is 9.69 Å². The highest BCUT2D eigenvalue weighted by molar-refractivity contribution is 5.78. The minimum absolute atomic E-state index is 0.301. The van der Waals surface area contributed by atoms with Crippen molar-refractivity contribution in [1.29, 1.82) is 0 Å². The molecule has 1 amide bonds. The number of rotatable bonds is 3. The standard InChI is InChI=1S/C15H29N3O/c1-12-4-5-14(10-13(12)2)17(3)11-15(19)18-8-6-16-7-9-18/h12-14,16H,4-11H2,1-3H3. The van der Waals surface area contributed by atoms with Crippen molar-refractivity contribution >= 4 is 5.91 Å². The summed E-state index contributed by atoms with van der Waals surface area (Å²) in [7, 11) is 2.12. The molecule has 4 nitrogen and oxygen atoms in total. The van der Waals surface area contributed by atoms with Crippen LogP contribution in [0.1, 0.15) is 33.1 Å². The molecule has 1 saturated carbocycles. The monoisotopic (exact) mass is 267 g/mol. The largest absolute Gasteiger partial charge is 0.339 e. The van der Waals surface area contributed by atoms with Gasteiger partial charge in [-0.2, -0.15) is 0 Å². The average Bonchev–Trinajstić information content (AvgIpc) is 2.42. The van der Waals surface area contributed by atoms with Crippen molar-refractivity contribution < 1.29 is 4.79 Å². The second-order valence-corrected chi connectivity index (χ2v) is 6.47. The number of likely N-dealkylation sites (N-methyl/N-ethyl adjacent to an activating group) is 1. The Bertz CT molecular complexity index is 302. The molecule has 2 rings (SSSR count). The maximum absolute atomic E-state index is 12.3. The summed E-state index contributed by atoms with van der Waals surface area (Å²) in [5.74, 6) is 1.93. The number of hydrogen-bond donors (Lipinski definition) is 1. The van der Waals surface area contributed by atoms with Crippen LogP contribution in [0.25, 0.3) is 0 Å². The molecule has 0 spiro atoms. The molecule has 1 N–H and O–H groups in total. The fraction of sp³-hybridized carbons (Fsp3) is 0.933. The van der Waals surface area contributed by atoms with Gasteiger partial charge in [0, 0.05) is 32.2 Å². The summed E-state index contributed by atoms with van der Waals surface area (Å²) in [5, 5.41) is 3.29. The molecule has 3 unspecified atom stereocenters. The van der Waals surface area contributed by atoms with Crippen molar-refractivity contribution in [2.24, 2.45) is 11.8 Å². The first-order valence-corrected chi connectivity index (χ1v) is 7.76. The van der Waals surface area contributed by atoms with E-state index in [4.69, 9.17) is 0 Å². The van der Waals surface area contributed by atoms with Crippen LogP contribution in [0.15, 0.2) is 0 Å². The van der Waals surface area contributed by atoms with Gasteiger partial charge in [0.2, 0.25) is 5.91 Å². The van der Waals surface area contributed by atoms with Gasteiger partial charge in [-0.15, -0.1) is 0 Å². The van der Waals surface area contributed by atoms with E-state index < -0.39 is 0 Å². The molecule has 19 heavy (non-hydrogen) atoms. The summed E-state index contributed by atoms with van der Waals surface area (Å²) in [6, 6.07) is 0.595. The number of carbonyl (C=O) groups is 1. The Balaban J connectivity index is 1.79. The minimum atomic E-state index is 0.301. The fourth-order valence-electron chi connectivity index (χ4n) is 3.28. The van der Waals surface area contributed by atoms with E-state index >= 15 is 0 Å². The van der Waals surface area contributed by atoms with Crippen LogP contribution in [0.2, 0.25) is 0 Å². The number of carbonyl (C=O) groups excluding carboxylic acids is 1. The van der Waals surface area contributed by atoms with Crippen LogP contribution in [0.3, 0.4) is 0 Å². The van der Waals surface area contributed by atoms with Gasteiger partial charge in [-0.05, 0) is 38.1 Å². The molecular formula is C15H29N3O. The molecule has 1 saturated heterocycles. The quantitative estimate of drug-likeness (QED) is 0.834. The molecule has 1 heterocycles. The van der Waals surface area contributed by atoms with E-state index in [2.05, 4.69) is 31.1 Å². The first-order chi connectivity index (χ1) is 9.08. The summed E-state index contributed by atoms with van der Waals surface area (Å²) >= 11 is 0. The highest BCUT2D eigenvalue weighted by atomic mass is 16.2. The molecule has 0 aromatic heterocycles. The molecule has 1 aliphatic heterocycles. The Morgan fingerprint density at radius 3 is 2.53 bits per heavy atom. The molecule has 4 heteroatoms. The summed E-state index contributed by atoms with van der Waals surface area (Å²) < 4.78 is 0. The maximum Gasteiger partial charge on any atom is 0.236 e. The highest BCUT2D eigenvalue weighted by Crippen LogP contribution is 2.31. The number of amides is 1. The SMILES string of the molecule is CC1CCC(N(C)CC(=O)N2CCNCC2)CC1C. The zero-order chi connectivity index (χ0) is 13.8. The van der Waals surface area contributed by atoms with Crippen molar-refractivity contribution in [2.45, 2.75) is 39.2 Å². The van der Waals surface area contributed by atoms with E-state index in [1.54, 1.807) is 0 Å². The minimum Gasteiger partial charge on any atom is -0.339 e. The van der Waals surface area contributed by atoms with Crippen LogP contribution in [0, 0.1) is 11.8 Å². The third-order valence-electron chi connectivity index (χ3n) is 5.05. The Kier molecular flexibility index (Phi) is 5.22. The zero-order valence-electron chi connectivity index (χ0n) is 12.7. The van der Waals surface area contributed by atoms with Crippen molar-refractivity contribution in [2.75, 3.05) is 39.8 Å². The van der Waals surface area contributed by atoms with Gasteiger partial charge in [-0.1, -0.05) is 13.8 Å². The lowest BCUT2D eigenvalue weighted by Crippen LogP contribution is -2.50. The van der Waals surface area contributed by atoms with Crippen molar-refractivity contribution in [3.05, 3.63) is 0 Å². The Morgan fingerprint density at radius 1 is 1.21 bits per heavy atom. The van der Waals surface area contributed by atoms with Gasteiger partial charge in [-0.25, -0.2) is 0 Å². The topological polar surface area (TPSA) is 35.6 Å². The molecule has 0 aromatic rings. The van der Waals surface area contributed by atoms with Crippen LogP contribution in [0.4, 0.5) is 0 Å². The number of nitrogens with zero attached hydrogens (tertiary/aromatic N) is 2. The number of hydrogen-bond acceptors (Lipinski definition) is 3. The molecule has 0 aromatic carbocycles. The van der Waals surface area contributed by atoms with Gasteiger partial charge in [0.05, 0.1) is 6.54 Å². The first kappa shape index (κ1) is 14.8. The van der Waals surface area contributed by atoms with Gasteiger partial charge in [0.25, 0.3) is 0 Å². The van der Waals surface area contributed by atoms with E-state index in [1.165, 1.54) is 19.3 Å². The normalized spacial score (nSPS) is 32.6. The molecule has 0 bridgehead atoms. The summed E-state index contributed by atoms with van der Waals surface area (Å²) in [6.45, 7) is 8.90. The van der Waals surface area contributed by atoms with E-state index in [9.17, 15) is 4.79 Å². The molecule has 1 aliphatic carbocycles. The van der Waals surface area contributed by atoms with Crippen molar-refractivity contribution in [3.63, 3.8) is 0 Å². The van der Waals surface area contributed by atoms with Crippen LogP contribution < -0.4 is 5.32 Å². The third-order valence-corrected chi connectivity index (χ3v) is 5.05. The number of piperazine rings is 1. The van der Waals surface area contributed by atoms with Crippen molar-refractivity contribution in [1.82, 2.24) is 15.1 Å². The summed E-state index contributed by atoms with van der Waals surface area (Å²) in [5.41, 5.74) is 0. The second-order valence-electron chi connectivity index (χ2n) is 6.47. The lowest BCUT2D eigenvalue weighted by molar-refractivity contribution is -0.133. The average molecular weight is 267 g/mol. The Morgan fingerprint density at radius 2 is 1.89 bits per heavy atom. The molecular weight excluding hydrogens is 238 g/mol. The first-order valence-electron chi connectivity index (χ1n) is 7.76. The Hall–Kier alpha value is -0.610. The van der Waals surface area contributed by atoms with E-state index in [-0.39, 0.29) is 0 Å². The smallest absolute Gasteiger partial charge is 0.236 e. The second kappa shape index (κ2) is 6.71. The van der Waals surface area contributed by atoms with E-state index in [0.29, 0.717) is 18.5 Å². The predicted molar refractivity (Wildman–Crippen MR) is 78.0 cm³/mol. The predicted octanol–water partition coefficient (Wildman–Crippen LogP) is 1.17. The van der Waals surface area contributed by atoms with Gasteiger partial charge < -0.3 is 10.2 Å². The molecule has 110 valence electrons. The van der Waals surface area contributed by atoms with E-state index in [0.717, 1.165) is 38.0 Å². The molecule has 2 aliphatic rings.